The summed E-state index contributed by atoms with van der Waals surface area (Å²) in [6.45, 7) is 1.17. The molecule has 0 unspecified atom stereocenters. The molecular weight excluding hydrogens is 192 g/mol. The van der Waals surface area contributed by atoms with Gasteiger partial charge in [0.2, 0.25) is 6.10 Å². The van der Waals surface area contributed by atoms with E-state index in [1.807, 2.05) is 0 Å². The minimum atomic E-state index is -1.40. The largest absolute Gasteiger partial charge is 0.484 e. The van der Waals surface area contributed by atoms with Crippen LogP contribution in [0.2, 0.25) is 0 Å². The van der Waals surface area contributed by atoms with E-state index >= 15 is 0 Å². The smallest absolute Gasteiger partial charge is 0.347 e. The Hall–Kier alpha value is -1.56. The first-order valence-electron chi connectivity index (χ1n) is 3.92. The topological polar surface area (TPSA) is 93.1 Å². The monoisotopic (exact) mass is 202 g/mol. The van der Waals surface area contributed by atoms with Gasteiger partial charge in [0.05, 0.1) is 6.26 Å². The first kappa shape index (κ1) is 10.5. The minimum absolute atomic E-state index is 0.593. The second kappa shape index (κ2) is 4.10. The summed E-state index contributed by atoms with van der Waals surface area (Å²) in [5.74, 6) is -1.90. The Morgan fingerprint density at radius 1 is 1.50 bits per heavy atom. The molecule has 0 bridgehead atoms. The molecule has 0 aromatic carbocycles. The summed E-state index contributed by atoms with van der Waals surface area (Å²) in [6, 6.07) is 0. The van der Waals surface area contributed by atoms with Crippen molar-refractivity contribution in [3.05, 3.63) is 12.3 Å². The molecule has 0 aromatic rings. The molecule has 78 valence electrons. The third-order valence-corrected chi connectivity index (χ3v) is 1.69. The second-order valence-electron chi connectivity index (χ2n) is 2.79. The lowest BCUT2D eigenvalue weighted by atomic mass is 10.1. The summed E-state index contributed by atoms with van der Waals surface area (Å²) in [6.07, 6.45) is -1.38. The van der Waals surface area contributed by atoms with E-state index in [0.717, 1.165) is 6.26 Å². The zero-order valence-corrected chi connectivity index (χ0v) is 7.41. The number of rotatable bonds is 2. The van der Waals surface area contributed by atoms with Crippen molar-refractivity contribution in [2.24, 2.45) is 0 Å². The van der Waals surface area contributed by atoms with E-state index in [0.29, 0.717) is 0 Å². The lowest BCUT2D eigenvalue weighted by molar-refractivity contribution is -0.169. The standard InChI is InChI=1S/C8H10O6/c1-4(9)14-5-2-3-13-7(6(5)10)8(11)12/h2-3,5-7,10H,1H3,(H,11,12)/t5-,6+,7+/m1/s1. The summed E-state index contributed by atoms with van der Waals surface area (Å²) in [5.41, 5.74) is 0. The van der Waals surface area contributed by atoms with Gasteiger partial charge in [0.1, 0.15) is 6.10 Å². The van der Waals surface area contributed by atoms with E-state index in [-0.39, 0.29) is 0 Å². The van der Waals surface area contributed by atoms with Gasteiger partial charge in [-0.3, -0.25) is 4.79 Å². The van der Waals surface area contributed by atoms with Gasteiger partial charge in [-0.2, -0.15) is 0 Å². The number of carbonyl (C=O) groups excluding carboxylic acids is 1. The van der Waals surface area contributed by atoms with E-state index in [1.54, 1.807) is 0 Å². The number of esters is 1. The Kier molecular flexibility index (Phi) is 3.08. The first-order chi connectivity index (χ1) is 6.52. The van der Waals surface area contributed by atoms with E-state index in [9.17, 15) is 14.7 Å². The van der Waals surface area contributed by atoms with Crippen molar-refractivity contribution in [3.63, 3.8) is 0 Å². The maximum absolute atomic E-state index is 10.6. The van der Waals surface area contributed by atoms with Crippen LogP contribution in [-0.2, 0) is 19.1 Å². The van der Waals surface area contributed by atoms with Crippen LogP contribution in [0.25, 0.3) is 0 Å². The molecule has 0 radical (unpaired) electrons. The van der Waals surface area contributed by atoms with Crippen LogP contribution in [0, 0.1) is 0 Å². The molecule has 1 rings (SSSR count). The van der Waals surface area contributed by atoms with Crippen molar-refractivity contribution in [3.8, 4) is 0 Å². The Bertz CT molecular complexity index is 271. The van der Waals surface area contributed by atoms with Crippen LogP contribution in [0.3, 0.4) is 0 Å². The molecule has 3 atom stereocenters. The van der Waals surface area contributed by atoms with Crippen LogP contribution in [0.1, 0.15) is 6.92 Å². The van der Waals surface area contributed by atoms with Crippen LogP contribution in [0.5, 0.6) is 0 Å². The van der Waals surface area contributed by atoms with Crippen molar-refractivity contribution in [2.75, 3.05) is 0 Å². The van der Waals surface area contributed by atoms with Crippen molar-refractivity contribution >= 4 is 11.9 Å². The van der Waals surface area contributed by atoms with Gasteiger partial charge in [-0.15, -0.1) is 0 Å². The number of hydrogen-bond donors (Lipinski definition) is 2. The highest BCUT2D eigenvalue weighted by molar-refractivity contribution is 5.74. The summed E-state index contributed by atoms with van der Waals surface area (Å²) in [5, 5.41) is 18.0. The molecule has 0 aromatic heterocycles. The van der Waals surface area contributed by atoms with Gasteiger partial charge in [0.15, 0.2) is 6.10 Å². The van der Waals surface area contributed by atoms with Gasteiger partial charge < -0.3 is 19.7 Å². The quantitative estimate of drug-likeness (QED) is 0.574. The van der Waals surface area contributed by atoms with E-state index in [4.69, 9.17) is 5.11 Å². The maximum Gasteiger partial charge on any atom is 0.347 e. The molecule has 6 nitrogen and oxygen atoms in total. The minimum Gasteiger partial charge on any atom is -0.484 e. The molecule has 0 aliphatic carbocycles. The fraction of sp³-hybridized carbons (Fsp3) is 0.500. The average Bonchev–Trinajstić information content (AvgIpc) is 2.07. The number of aliphatic carboxylic acids is 1. The van der Waals surface area contributed by atoms with Crippen LogP contribution < -0.4 is 0 Å². The Balaban J connectivity index is 2.70. The third-order valence-electron chi connectivity index (χ3n) is 1.69. The average molecular weight is 202 g/mol. The number of carboxylic acid groups (broad SMARTS) is 1. The highest BCUT2D eigenvalue weighted by Crippen LogP contribution is 2.15. The van der Waals surface area contributed by atoms with E-state index in [1.165, 1.54) is 13.0 Å². The molecule has 0 amide bonds. The number of hydrogen-bond acceptors (Lipinski definition) is 5. The lowest BCUT2D eigenvalue weighted by Gasteiger charge is -2.27. The van der Waals surface area contributed by atoms with Crippen molar-refractivity contribution in [1.82, 2.24) is 0 Å². The van der Waals surface area contributed by atoms with Gasteiger partial charge in [-0.1, -0.05) is 0 Å². The van der Waals surface area contributed by atoms with Gasteiger partial charge in [0, 0.05) is 6.92 Å². The van der Waals surface area contributed by atoms with Gasteiger partial charge in [-0.25, -0.2) is 4.79 Å². The molecule has 0 fully saturated rings. The zero-order chi connectivity index (χ0) is 10.7. The third kappa shape index (κ3) is 2.23. The Labute approximate surface area is 79.7 Å². The normalized spacial score (nSPS) is 30.6. The van der Waals surface area contributed by atoms with Crippen LogP contribution in [-0.4, -0.2) is 40.5 Å². The number of carboxylic acids is 1. The highest BCUT2D eigenvalue weighted by Gasteiger charge is 2.37. The zero-order valence-electron chi connectivity index (χ0n) is 7.41. The molecule has 0 saturated heterocycles. The molecule has 14 heavy (non-hydrogen) atoms. The predicted molar refractivity (Wildman–Crippen MR) is 43.2 cm³/mol. The lowest BCUT2D eigenvalue weighted by Crippen LogP contribution is -2.46. The predicted octanol–water partition coefficient (Wildman–Crippen LogP) is -0.724. The van der Waals surface area contributed by atoms with Crippen LogP contribution in [0.15, 0.2) is 12.3 Å². The number of ether oxygens (including phenoxy) is 2. The molecule has 6 heteroatoms. The van der Waals surface area contributed by atoms with Crippen LogP contribution >= 0.6 is 0 Å². The molecule has 0 saturated carbocycles. The van der Waals surface area contributed by atoms with Crippen molar-refractivity contribution < 1.29 is 29.3 Å². The Morgan fingerprint density at radius 2 is 2.14 bits per heavy atom. The first-order valence-corrected chi connectivity index (χ1v) is 3.92. The van der Waals surface area contributed by atoms with Crippen LogP contribution in [0.4, 0.5) is 0 Å². The van der Waals surface area contributed by atoms with E-state index < -0.39 is 30.3 Å². The molecule has 1 aliphatic rings. The van der Waals surface area contributed by atoms with E-state index in [2.05, 4.69) is 9.47 Å². The number of aliphatic hydroxyl groups excluding tert-OH is 1. The SMILES string of the molecule is CC(=O)O[C@@H]1C=CO[C@H](C(=O)O)[C@H]1O. The molecule has 0 spiro atoms. The highest BCUT2D eigenvalue weighted by atomic mass is 16.6. The summed E-state index contributed by atoms with van der Waals surface area (Å²) in [7, 11) is 0. The molecule has 1 aliphatic heterocycles. The number of aliphatic hydroxyl groups is 1. The van der Waals surface area contributed by atoms with Crippen molar-refractivity contribution in [2.45, 2.75) is 25.2 Å². The van der Waals surface area contributed by atoms with Crippen molar-refractivity contribution in [1.29, 1.82) is 0 Å². The molecular formula is C8H10O6. The molecule has 2 N–H and O–H groups in total. The summed E-state index contributed by atoms with van der Waals surface area (Å²) >= 11 is 0. The van der Waals surface area contributed by atoms with Gasteiger partial charge in [0.25, 0.3) is 0 Å². The number of carbonyl (C=O) groups is 2. The maximum atomic E-state index is 10.6. The molecule has 1 heterocycles. The fourth-order valence-electron chi connectivity index (χ4n) is 1.08. The summed E-state index contributed by atoms with van der Waals surface area (Å²) < 4.78 is 9.31. The van der Waals surface area contributed by atoms with Gasteiger partial charge in [-0.05, 0) is 6.08 Å². The summed E-state index contributed by atoms with van der Waals surface area (Å²) in [4.78, 5) is 21.1. The Morgan fingerprint density at radius 3 is 2.64 bits per heavy atom. The van der Waals surface area contributed by atoms with Gasteiger partial charge >= 0.3 is 11.9 Å². The fourth-order valence-corrected chi connectivity index (χ4v) is 1.08. The second-order valence-corrected chi connectivity index (χ2v) is 2.79.